The highest BCUT2D eigenvalue weighted by Gasteiger charge is 2.35. The van der Waals surface area contributed by atoms with E-state index in [4.69, 9.17) is 55.9 Å². The van der Waals surface area contributed by atoms with Gasteiger partial charge in [0.05, 0.1) is 21.1 Å². The molecule has 0 atom stereocenters. The first-order chi connectivity index (χ1) is 14.6. The summed E-state index contributed by atoms with van der Waals surface area (Å²) in [6.45, 7) is 0. The predicted molar refractivity (Wildman–Crippen MR) is 114 cm³/mol. The van der Waals surface area contributed by atoms with Crippen molar-refractivity contribution in [2.24, 2.45) is 0 Å². The lowest BCUT2D eigenvalue weighted by atomic mass is 10.2. The summed E-state index contributed by atoms with van der Waals surface area (Å²) in [5.74, 6) is -0.738. The molecule has 4 aromatic rings. The van der Waals surface area contributed by atoms with Crippen molar-refractivity contribution in [2.75, 3.05) is 0 Å². The van der Waals surface area contributed by atoms with Crippen LogP contribution in [0.3, 0.4) is 0 Å². The van der Waals surface area contributed by atoms with Crippen LogP contribution in [0, 0.1) is 0 Å². The highest BCUT2D eigenvalue weighted by Crippen LogP contribution is 2.43. The maximum atomic E-state index is 13.1. The Hall–Kier alpha value is -2.32. The Bertz CT molecular complexity index is 1200. The minimum Gasteiger partial charge on any atom is -0.452 e. The van der Waals surface area contributed by atoms with Crippen LogP contribution in [-0.4, -0.2) is 9.97 Å². The van der Waals surface area contributed by atoms with Gasteiger partial charge in [-0.25, -0.2) is 4.98 Å². The van der Waals surface area contributed by atoms with E-state index in [0.717, 1.165) is 0 Å². The van der Waals surface area contributed by atoms with Crippen molar-refractivity contribution in [2.45, 2.75) is 6.18 Å². The first-order valence-electron chi connectivity index (χ1n) is 8.48. The average molecular weight is 508 g/mol. The molecule has 1 heterocycles. The van der Waals surface area contributed by atoms with E-state index >= 15 is 0 Å². The van der Waals surface area contributed by atoms with Crippen LogP contribution in [0.1, 0.15) is 5.82 Å². The number of halogens is 7. The third-order valence-corrected chi connectivity index (χ3v) is 5.69. The van der Waals surface area contributed by atoms with Gasteiger partial charge in [0.15, 0.2) is 11.5 Å². The van der Waals surface area contributed by atoms with E-state index in [1.54, 1.807) is 36.4 Å². The number of fused-ring (bicyclic) bond motifs is 1. The van der Waals surface area contributed by atoms with Gasteiger partial charge in [-0.3, -0.25) is 0 Å². The SMILES string of the molecule is FC(F)(F)c1nc2cc(Oc3cccc(Cl)c3Cl)c(Oc3cccc(Cl)c3Cl)cc2[nH]1. The maximum absolute atomic E-state index is 13.1. The maximum Gasteiger partial charge on any atom is 0.449 e. The van der Waals surface area contributed by atoms with E-state index < -0.39 is 12.0 Å². The zero-order valence-electron chi connectivity index (χ0n) is 15.0. The topological polar surface area (TPSA) is 47.1 Å². The Kier molecular flexibility index (Phi) is 5.87. The summed E-state index contributed by atoms with van der Waals surface area (Å²) < 4.78 is 50.9. The minimum atomic E-state index is -4.66. The Morgan fingerprint density at radius 2 is 1.26 bits per heavy atom. The fraction of sp³-hybridized carbons (Fsp3) is 0.0500. The van der Waals surface area contributed by atoms with Gasteiger partial charge < -0.3 is 14.5 Å². The lowest BCUT2D eigenvalue weighted by molar-refractivity contribution is -0.144. The fourth-order valence-electron chi connectivity index (χ4n) is 2.67. The molecule has 0 fully saturated rings. The van der Waals surface area contributed by atoms with E-state index in [2.05, 4.69) is 9.97 Å². The van der Waals surface area contributed by atoms with Crippen LogP contribution in [0.4, 0.5) is 13.2 Å². The molecular formula is C20H9Cl4F3N2O2. The van der Waals surface area contributed by atoms with Crippen molar-refractivity contribution in [3.8, 4) is 23.0 Å². The van der Waals surface area contributed by atoms with Crippen molar-refractivity contribution >= 4 is 57.4 Å². The van der Waals surface area contributed by atoms with Gasteiger partial charge >= 0.3 is 6.18 Å². The van der Waals surface area contributed by atoms with Crippen molar-refractivity contribution in [3.05, 3.63) is 74.4 Å². The van der Waals surface area contributed by atoms with Crippen LogP contribution in [0.25, 0.3) is 11.0 Å². The van der Waals surface area contributed by atoms with E-state index in [0.29, 0.717) is 0 Å². The molecule has 0 aliphatic heterocycles. The lowest BCUT2D eigenvalue weighted by Gasteiger charge is -2.14. The standard InChI is InChI=1S/C20H9Cl4F3N2O2/c21-9-3-1-5-13(17(9)23)30-15-7-11-12(29-19(28-11)20(25,26)27)8-16(15)31-14-6-2-4-10(22)18(14)24/h1-8H,(H,28,29). The zero-order valence-corrected chi connectivity index (χ0v) is 18.1. The van der Waals surface area contributed by atoms with Gasteiger partial charge in [0, 0.05) is 12.1 Å². The molecule has 0 aliphatic rings. The van der Waals surface area contributed by atoms with Crippen molar-refractivity contribution in [1.82, 2.24) is 9.97 Å². The van der Waals surface area contributed by atoms with Gasteiger partial charge in [0.2, 0.25) is 5.82 Å². The van der Waals surface area contributed by atoms with E-state index in [-0.39, 0.29) is 54.1 Å². The summed E-state index contributed by atoms with van der Waals surface area (Å²) in [6, 6.07) is 12.0. The van der Waals surface area contributed by atoms with Gasteiger partial charge in [0.25, 0.3) is 0 Å². The molecule has 3 aromatic carbocycles. The van der Waals surface area contributed by atoms with Crippen LogP contribution in [-0.2, 0) is 6.18 Å². The van der Waals surface area contributed by atoms with Crippen molar-refractivity contribution in [3.63, 3.8) is 0 Å². The largest absolute Gasteiger partial charge is 0.452 e. The van der Waals surface area contributed by atoms with Gasteiger partial charge in [-0.2, -0.15) is 13.2 Å². The third-order valence-electron chi connectivity index (χ3n) is 4.09. The average Bonchev–Trinajstić information content (AvgIpc) is 3.12. The van der Waals surface area contributed by atoms with Crippen LogP contribution < -0.4 is 9.47 Å². The predicted octanol–water partition coefficient (Wildman–Crippen LogP) is 8.78. The molecule has 1 N–H and O–H groups in total. The number of ether oxygens (including phenoxy) is 2. The van der Waals surface area contributed by atoms with Crippen LogP contribution in [0.5, 0.6) is 23.0 Å². The molecule has 1 aromatic heterocycles. The Balaban J connectivity index is 1.85. The van der Waals surface area contributed by atoms with E-state index in [1.807, 2.05) is 0 Å². The molecule has 0 spiro atoms. The number of aromatic amines is 1. The summed E-state index contributed by atoms with van der Waals surface area (Å²) in [7, 11) is 0. The highest BCUT2D eigenvalue weighted by molar-refractivity contribution is 6.43. The number of aromatic nitrogens is 2. The second-order valence-corrected chi connectivity index (χ2v) is 7.78. The van der Waals surface area contributed by atoms with Crippen LogP contribution in [0.15, 0.2) is 48.5 Å². The molecule has 4 rings (SSSR count). The normalized spacial score (nSPS) is 11.7. The summed E-state index contributed by atoms with van der Waals surface area (Å²) in [5, 5.41) is 0.715. The molecule has 31 heavy (non-hydrogen) atoms. The summed E-state index contributed by atoms with van der Waals surface area (Å²) in [4.78, 5) is 5.81. The monoisotopic (exact) mass is 506 g/mol. The quantitative estimate of drug-likeness (QED) is 0.300. The number of hydrogen-bond acceptors (Lipinski definition) is 3. The number of nitrogens with one attached hydrogen (secondary N) is 1. The van der Waals surface area contributed by atoms with E-state index in [1.165, 1.54) is 12.1 Å². The molecule has 11 heteroatoms. The number of nitrogens with zero attached hydrogens (tertiary/aromatic N) is 1. The molecule has 160 valence electrons. The molecule has 0 amide bonds. The number of rotatable bonds is 4. The second kappa shape index (κ2) is 8.31. The number of benzene rings is 3. The number of H-pyrrole nitrogens is 1. The third kappa shape index (κ3) is 4.50. The Morgan fingerprint density at radius 3 is 1.77 bits per heavy atom. The molecular weight excluding hydrogens is 499 g/mol. The Labute approximate surface area is 193 Å². The van der Waals surface area contributed by atoms with Crippen molar-refractivity contribution in [1.29, 1.82) is 0 Å². The molecule has 0 radical (unpaired) electrons. The fourth-order valence-corrected chi connectivity index (χ4v) is 3.34. The summed E-state index contributed by atoms with van der Waals surface area (Å²) in [5.41, 5.74) is 0.0787. The zero-order chi connectivity index (χ0) is 22.3. The number of hydrogen-bond donors (Lipinski definition) is 1. The molecule has 4 nitrogen and oxygen atoms in total. The molecule has 0 saturated heterocycles. The number of alkyl halides is 3. The molecule has 0 aliphatic carbocycles. The molecule has 0 bridgehead atoms. The van der Waals surface area contributed by atoms with Gasteiger partial charge in [-0.15, -0.1) is 0 Å². The first kappa shape index (κ1) is 21.9. The van der Waals surface area contributed by atoms with Crippen LogP contribution >= 0.6 is 46.4 Å². The van der Waals surface area contributed by atoms with Gasteiger partial charge in [-0.05, 0) is 24.3 Å². The summed E-state index contributed by atoms with van der Waals surface area (Å²) in [6.07, 6.45) is -4.66. The van der Waals surface area contributed by atoms with E-state index in [9.17, 15) is 13.2 Å². The lowest BCUT2D eigenvalue weighted by Crippen LogP contribution is -2.06. The Morgan fingerprint density at radius 1 is 0.742 bits per heavy atom. The number of imidazole rings is 1. The smallest absolute Gasteiger partial charge is 0.449 e. The van der Waals surface area contributed by atoms with Gasteiger partial charge in [-0.1, -0.05) is 58.5 Å². The second-order valence-electron chi connectivity index (χ2n) is 6.21. The molecule has 0 unspecified atom stereocenters. The van der Waals surface area contributed by atoms with Gasteiger partial charge in [0.1, 0.15) is 21.5 Å². The van der Waals surface area contributed by atoms with Crippen molar-refractivity contribution < 1.29 is 22.6 Å². The highest BCUT2D eigenvalue weighted by atomic mass is 35.5. The summed E-state index contributed by atoms with van der Waals surface area (Å²) >= 11 is 24.4. The first-order valence-corrected chi connectivity index (χ1v) is 9.99. The van der Waals surface area contributed by atoms with Crippen LogP contribution in [0.2, 0.25) is 20.1 Å². The minimum absolute atomic E-state index is 0.00464. The molecule has 0 saturated carbocycles.